The van der Waals surface area contributed by atoms with Crippen LogP contribution in [0.5, 0.6) is 0 Å². The maximum atomic E-state index is 2.62. The van der Waals surface area contributed by atoms with Crippen LogP contribution < -0.4 is 0 Å². The predicted octanol–water partition coefficient (Wildman–Crippen LogP) is 7.01. The fourth-order valence-corrected chi connectivity index (χ4v) is 5.40. The molecule has 0 spiro atoms. The molecule has 0 unspecified atom stereocenters. The van der Waals surface area contributed by atoms with E-state index in [-0.39, 0.29) is 0 Å². The van der Waals surface area contributed by atoms with Gasteiger partial charge in [0.2, 0.25) is 0 Å². The summed E-state index contributed by atoms with van der Waals surface area (Å²) in [6.07, 6.45) is 14.7. The van der Waals surface area contributed by atoms with E-state index in [2.05, 4.69) is 60.7 Å². The smallest absolute Gasteiger partial charge is 0.0273 e. The standard InChI is InChI=1S/C30H34/c1-5-23-13-15-24(16-14-23)7-4-12-30-22-28-10-2-6-25-17-19-26(20-18-25)8-3-11-29(30)21-27(28)9-1/h13-22H,1-12H2. The predicted molar refractivity (Wildman–Crippen MR) is 127 cm³/mol. The number of aryl methyl sites for hydroxylation is 8. The van der Waals surface area contributed by atoms with Crippen molar-refractivity contribution in [2.75, 3.05) is 0 Å². The van der Waals surface area contributed by atoms with Gasteiger partial charge >= 0.3 is 0 Å². The van der Waals surface area contributed by atoms with Crippen LogP contribution in [0.2, 0.25) is 0 Å². The summed E-state index contributed by atoms with van der Waals surface area (Å²) in [5.74, 6) is 0. The van der Waals surface area contributed by atoms with Crippen molar-refractivity contribution in [3.05, 3.63) is 105 Å². The van der Waals surface area contributed by atoms with E-state index in [4.69, 9.17) is 0 Å². The van der Waals surface area contributed by atoms with E-state index in [1.165, 1.54) is 99.3 Å². The average Bonchev–Trinajstić information content (AvgIpc) is 2.77. The van der Waals surface area contributed by atoms with Crippen LogP contribution in [-0.4, -0.2) is 0 Å². The van der Waals surface area contributed by atoms with Crippen molar-refractivity contribution in [2.24, 2.45) is 0 Å². The minimum atomic E-state index is 1.20. The van der Waals surface area contributed by atoms with Crippen LogP contribution in [0.15, 0.2) is 60.7 Å². The van der Waals surface area contributed by atoms with E-state index < -0.39 is 0 Å². The van der Waals surface area contributed by atoms with Gasteiger partial charge < -0.3 is 0 Å². The maximum Gasteiger partial charge on any atom is -0.0273 e. The molecule has 0 aliphatic heterocycles. The first-order valence-electron chi connectivity index (χ1n) is 12.1. The summed E-state index contributed by atoms with van der Waals surface area (Å²) in [5, 5.41) is 0. The molecule has 3 aromatic rings. The summed E-state index contributed by atoms with van der Waals surface area (Å²) in [6, 6.07) is 24.1. The first-order valence-corrected chi connectivity index (χ1v) is 12.1. The molecule has 0 N–H and O–H groups in total. The molecule has 11 rings (SSSR count). The molecule has 8 bridgehead atoms. The Bertz CT molecular complexity index is 816. The molecule has 30 heavy (non-hydrogen) atoms. The lowest BCUT2D eigenvalue weighted by atomic mass is 9.87. The van der Waals surface area contributed by atoms with Gasteiger partial charge in [-0.3, -0.25) is 0 Å². The molecule has 0 saturated carbocycles. The van der Waals surface area contributed by atoms with Crippen LogP contribution in [0.3, 0.4) is 0 Å². The zero-order valence-corrected chi connectivity index (χ0v) is 18.3. The molecule has 0 amide bonds. The van der Waals surface area contributed by atoms with E-state index in [9.17, 15) is 0 Å². The molecule has 0 saturated heterocycles. The largest absolute Gasteiger partial charge is 0.0588 e. The molecular formula is C30H34. The van der Waals surface area contributed by atoms with E-state index in [1.807, 2.05) is 0 Å². The summed E-state index contributed by atoms with van der Waals surface area (Å²) in [7, 11) is 0. The topological polar surface area (TPSA) is 0 Å². The van der Waals surface area contributed by atoms with E-state index in [0.29, 0.717) is 0 Å². The molecule has 8 aliphatic carbocycles. The van der Waals surface area contributed by atoms with Gasteiger partial charge in [-0.05, 0) is 122 Å². The summed E-state index contributed by atoms with van der Waals surface area (Å²) >= 11 is 0. The lowest BCUT2D eigenvalue weighted by molar-refractivity contribution is 0.746. The molecule has 154 valence electrons. The third kappa shape index (κ3) is 4.69. The van der Waals surface area contributed by atoms with Crippen molar-refractivity contribution in [3.63, 3.8) is 0 Å². The minimum Gasteiger partial charge on any atom is -0.0588 e. The van der Waals surface area contributed by atoms with Crippen molar-refractivity contribution >= 4 is 0 Å². The Kier molecular flexibility index (Phi) is 6.02. The van der Waals surface area contributed by atoms with Crippen LogP contribution >= 0.6 is 0 Å². The van der Waals surface area contributed by atoms with Gasteiger partial charge in [-0.25, -0.2) is 0 Å². The van der Waals surface area contributed by atoms with Crippen molar-refractivity contribution in [1.82, 2.24) is 0 Å². The number of hydrogen-bond donors (Lipinski definition) is 0. The van der Waals surface area contributed by atoms with Gasteiger partial charge in [0.05, 0.1) is 0 Å². The highest BCUT2D eigenvalue weighted by molar-refractivity contribution is 5.40. The molecule has 0 atom stereocenters. The van der Waals surface area contributed by atoms with Crippen molar-refractivity contribution in [2.45, 2.75) is 77.0 Å². The van der Waals surface area contributed by atoms with Crippen LogP contribution in [-0.2, 0) is 51.4 Å². The van der Waals surface area contributed by atoms with Crippen LogP contribution in [0.4, 0.5) is 0 Å². The highest BCUT2D eigenvalue weighted by atomic mass is 14.2. The molecule has 0 heteroatoms. The fraction of sp³-hybridized carbons (Fsp3) is 0.400. The molecule has 8 aliphatic rings. The molecular weight excluding hydrogens is 360 g/mol. The highest BCUT2D eigenvalue weighted by Gasteiger charge is 2.13. The molecule has 0 heterocycles. The third-order valence-electron chi connectivity index (χ3n) is 7.21. The van der Waals surface area contributed by atoms with Gasteiger partial charge in [-0.2, -0.15) is 0 Å². The Morgan fingerprint density at radius 2 is 0.533 bits per heavy atom. The van der Waals surface area contributed by atoms with Gasteiger partial charge in [0.15, 0.2) is 0 Å². The zero-order valence-electron chi connectivity index (χ0n) is 18.3. The lowest BCUT2D eigenvalue weighted by Crippen LogP contribution is -2.06. The third-order valence-corrected chi connectivity index (χ3v) is 7.21. The van der Waals surface area contributed by atoms with E-state index >= 15 is 0 Å². The first-order chi connectivity index (χ1) is 14.8. The average molecular weight is 395 g/mol. The summed E-state index contributed by atoms with van der Waals surface area (Å²) in [5.41, 5.74) is 12.5. The van der Waals surface area contributed by atoms with Gasteiger partial charge in [-0.15, -0.1) is 0 Å². The van der Waals surface area contributed by atoms with Crippen LogP contribution in [0, 0.1) is 0 Å². The summed E-state index contributed by atoms with van der Waals surface area (Å²) in [6.45, 7) is 0. The first kappa shape index (κ1) is 19.6. The monoisotopic (exact) mass is 394 g/mol. The van der Waals surface area contributed by atoms with E-state index in [1.54, 1.807) is 22.3 Å². The number of rotatable bonds is 0. The Labute approximate surface area is 182 Å². The second kappa shape index (κ2) is 9.21. The Morgan fingerprint density at radius 3 is 0.767 bits per heavy atom. The van der Waals surface area contributed by atoms with Gasteiger partial charge in [0.25, 0.3) is 0 Å². The Morgan fingerprint density at radius 1 is 0.300 bits per heavy atom. The van der Waals surface area contributed by atoms with Gasteiger partial charge in [0, 0.05) is 0 Å². The summed E-state index contributed by atoms with van der Waals surface area (Å²) in [4.78, 5) is 0. The number of hydrogen-bond acceptors (Lipinski definition) is 0. The second-order valence-electron chi connectivity index (χ2n) is 9.44. The highest BCUT2D eigenvalue weighted by Crippen LogP contribution is 2.26. The van der Waals surface area contributed by atoms with Crippen LogP contribution in [0.25, 0.3) is 0 Å². The van der Waals surface area contributed by atoms with Crippen molar-refractivity contribution in [1.29, 1.82) is 0 Å². The van der Waals surface area contributed by atoms with Crippen molar-refractivity contribution in [3.8, 4) is 0 Å². The molecule has 0 nitrogen and oxygen atoms in total. The number of benzene rings is 3. The maximum absolute atomic E-state index is 2.62. The van der Waals surface area contributed by atoms with Crippen molar-refractivity contribution < 1.29 is 0 Å². The molecule has 0 radical (unpaired) electrons. The normalized spacial score (nSPS) is 17.1. The fourth-order valence-electron chi connectivity index (χ4n) is 5.40. The van der Waals surface area contributed by atoms with Crippen LogP contribution in [0.1, 0.15) is 70.2 Å². The lowest BCUT2D eigenvalue weighted by Gasteiger charge is -2.19. The molecule has 3 aromatic carbocycles. The summed E-state index contributed by atoms with van der Waals surface area (Å²) < 4.78 is 0. The van der Waals surface area contributed by atoms with Gasteiger partial charge in [0.1, 0.15) is 0 Å². The quantitative estimate of drug-likeness (QED) is 0.384. The Balaban J connectivity index is 1.46. The second-order valence-corrected chi connectivity index (χ2v) is 9.44. The molecule has 0 aromatic heterocycles. The minimum absolute atomic E-state index is 1.20. The molecule has 0 fully saturated rings. The SMILES string of the molecule is c1cc2ccc1CCCc1cc3c(cc1CCCc1ccc(cc1)CCC3)CCC2. The van der Waals surface area contributed by atoms with E-state index in [0.717, 1.165) is 0 Å². The van der Waals surface area contributed by atoms with Gasteiger partial charge in [-0.1, -0.05) is 60.7 Å². The Hall–Kier alpha value is -2.34. The zero-order chi connectivity index (χ0) is 20.2.